The SMILES string of the molecule is Cc1ccc(C/C=C/C2CCC(C)CC2)c(F)c1F. The van der Waals surface area contributed by atoms with Crippen LogP contribution in [0.2, 0.25) is 0 Å². The lowest BCUT2D eigenvalue weighted by molar-refractivity contribution is 0.330. The van der Waals surface area contributed by atoms with Crippen LogP contribution >= 0.6 is 0 Å². The fourth-order valence-corrected chi connectivity index (χ4v) is 2.71. The van der Waals surface area contributed by atoms with E-state index in [4.69, 9.17) is 0 Å². The van der Waals surface area contributed by atoms with Crippen LogP contribution in [-0.4, -0.2) is 0 Å². The Bertz CT molecular complexity index is 455. The van der Waals surface area contributed by atoms with Crippen molar-refractivity contribution in [3.8, 4) is 0 Å². The lowest BCUT2D eigenvalue weighted by atomic mass is 9.83. The number of allylic oxidation sites excluding steroid dienone is 2. The maximum atomic E-state index is 13.7. The first kappa shape index (κ1) is 14.2. The zero-order valence-electron chi connectivity index (χ0n) is 11.8. The molecule has 19 heavy (non-hydrogen) atoms. The molecule has 0 amide bonds. The lowest BCUT2D eigenvalue weighted by Gasteiger charge is -2.23. The number of hydrogen-bond donors (Lipinski definition) is 0. The minimum absolute atomic E-state index is 0.367. The van der Waals surface area contributed by atoms with Crippen LogP contribution in [0.15, 0.2) is 24.3 Å². The number of hydrogen-bond acceptors (Lipinski definition) is 0. The molecule has 1 aliphatic carbocycles. The van der Waals surface area contributed by atoms with Gasteiger partial charge >= 0.3 is 0 Å². The van der Waals surface area contributed by atoms with Gasteiger partial charge in [-0.2, -0.15) is 0 Å². The minimum atomic E-state index is -0.711. The summed E-state index contributed by atoms with van der Waals surface area (Å²) in [5.74, 6) is 0.0575. The van der Waals surface area contributed by atoms with E-state index in [1.54, 1.807) is 19.1 Å². The normalized spacial score (nSPS) is 24.0. The quantitative estimate of drug-likeness (QED) is 0.658. The molecule has 0 nitrogen and oxygen atoms in total. The van der Waals surface area contributed by atoms with E-state index >= 15 is 0 Å². The van der Waals surface area contributed by atoms with Crippen molar-refractivity contribution in [1.82, 2.24) is 0 Å². The molecule has 0 unspecified atom stereocenters. The highest BCUT2D eigenvalue weighted by atomic mass is 19.2. The van der Waals surface area contributed by atoms with E-state index in [0.717, 1.165) is 5.92 Å². The van der Waals surface area contributed by atoms with Gasteiger partial charge in [0.25, 0.3) is 0 Å². The summed E-state index contributed by atoms with van der Waals surface area (Å²) >= 11 is 0. The summed E-state index contributed by atoms with van der Waals surface area (Å²) in [5.41, 5.74) is 0.815. The fraction of sp³-hybridized carbons (Fsp3) is 0.529. The average Bonchev–Trinajstić information content (AvgIpc) is 2.41. The third kappa shape index (κ3) is 3.65. The zero-order valence-corrected chi connectivity index (χ0v) is 11.8. The summed E-state index contributed by atoms with van der Waals surface area (Å²) < 4.78 is 27.1. The second-order valence-electron chi connectivity index (χ2n) is 5.82. The van der Waals surface area contributed by atoms with Crippen LogP contribution in [0.5, 0.6) is 0 Å². The van der Waals surface area contributed by atoms with Crippen molar-refractivity contribution in [2.75, 3.05) is 0 Å². The summed E-state index contributed by atoms with van der Waals surface area (Å²) in [7, 11) is 0. The maximum absolute atomic E-state index is 13.7. The van der Waals surface area contributed by atoms with Gasteiger partial charge in [0, 0.05) is 0 Å². The number of halogens is 2. The van der Waals surface area contributed by atoms with Crippen molar-refractivity contribution >= 4 is 0 Å². The van der Waals surface area contributed by atoms with Gasteiger partial charge in [-0.25, -0.2) is 8.78 Å². The number of aryl methyl sites for hydroxylation is 1. The second kappa shape index (κ2) is 6.31. The van der Waals surface area contributed by atoms with Crippen molar-refractivity contribution in [3.63, 3.8) is 0 Å². The summed E-state index contributed by atoms with van der Waals surface area (Å²) in [6, 6.07) is 3.32. The molecule has 1 aliphatic rings. The first-order valence-electron chi connectivity index (χ1n) is 7.18. The molecule has 104 valence electrons. The van der Waals surface area contributed by atoms with Crippen LogP contribution in [0, 0.1) is 30.4 Å². The summed E-state index contributed by atoms with van der Waals surface area (Å²) in [4.78, 5) is 0. The lowest BCUT2D eigenvalue weighted by Crippen LogP contribution is -2.10. The van der Waals surface area contributed by atoms with Gasteiger partial charge in [0.05, 0.1) is 0 Å². The molecule has 0 N–H and O–H groups in total. The minimum Gasteiger partial charge on any atom is -0.203 e. The third-order valence-electron chi connectivity index (χ3n) is 4.16. The zero-order chi connectivity index (χ0) is 13.8. The number of rotatable bonds is 3. The van der Waals surface area contributed by atoms with Crippen LogP contribution in [0.25, 0.3) is 0 Å². The van der Waals surface area contributed by atoms with Gasteiger partial charge in [0.15, 0.2) is 11.6 Å². The van der Waals surface area contributed by atoms with E-state index < -0.39 is 11.6 Å². The molecule has 0 aromatic heterocycles. The maximum Gasteiger partial charge on any atom is 0.162 e. The molecular formula is C17H22F2. The molecule has 2 rings (SSSR count). The largest absolute Gasteiger partial charge is 0.203 e. The smallest absolute Gasteiger partial charge is 0.162 e. The standard InChI is InChI=1S/C17H22F2/c1-12-6-9-14(10-7-12)4-3-5-15-11-8-13(2)16(18)17(15)19/h3-4,8,11-12,14H,5-7,9-10H2,1-2H3/b4-3+. The van der Waals surface area contributed by atoms with E-state index in [-0.39, 0.29) is 0 Å². The first-order chi connectivity index (χ1) is 9.08. The molecule has 0 bridgehead atoms. The summed E-state index contributed by atoms with van der Waals surface area (Å²) in [6.45, 7) is 3.88. The topological polar surface area (TPSA) is 0 Å². The molecule has 1 aromatic rings. The highest BCUT2D eigenvalue weighted by molar-refractivity contribution is 5.27. The van der Waals surface area contributed by atoms with Crippen molar-refractivity contribution in [2.24, 2.45) is 11.8 Å². The Morgan fingerprint density at radius 3 is 2.47 bits per heavy atom. The molecule has 1 saturated carbocycles. The van der Waals surface area contributed by atoms with Gasteiger partial charge in [-0.15, -0.1) is 0 Å². The highest BCUT2D eigenvalue weighted by Gasteiger charge is 2.15. The molecule has 0 radical (unpaired) electrons. The van der Waals surface area contributed by atoms with Crippen LogP contribution in [-0.2, 0) is 6.42 Å². The highest BCUT2D eigenvalue weighted by Crippen LogP contribution is 2.29. The Morgan fingerprint density at radius 1 is 1.11 bits per heavy atom. The molecule has 0 saturated heterocycles. The van der Waals surface area contributed by atoms with Crippen LogP contribution in [0.3, 0.4) is 0 Å². The first-order valence-corrected chi connectivity index (χ1v) is 7.18. The van der Waals surface area contributed by atoms with Gasteiger partial charge in [0.2, 0.25) is 0 Å². The van der Waals surface area contributed by atoms with Crippen LogP contribution in [0.4, 0.5) is 8.78 Å². The van der Waals surface area contributed by atoms with E-state index in [1.165, 1.54) is 25.7 Å². The van der Waals surface area contributed by atoms with E-state index in [0.29, 0.717) is 23.5 Å². The molecular weight excluding hydrogens is 242 g/mol. The molecule has 0 spiro atoms. The molecule has 0 heterocycles. The Labute approximate surface area is 114 Å². The van der Waals surface area contributed by atoms with Gasteiger partial charge in [-0.1, -0.05) is 44.1 Å². The Hall–Kier alpha value is -1.18. The van der Waals surface area contributed by atoms with Crippen molar-refractivity contribution in [2.45, 2.75) is 46.0 Å². The van der Waals surface area contributed by atoms with E-state index in [9.17, 15) is 8.78 Å². The van der Waals surface area contributed by atoms with Gasteiger partial charge in [0.1, 0.15) is 0 Å². The number of benzene rings is 1. The Morgan fingerprint density at radius 2 is 1.79 bits per heavy atom. The molecule has 1 fully saturated rings. The molecule has 2 heteroatoms. The fourth-order valence-electron chi connectivity index (χ4n) is 2.71. The van der Waals surface area contributed by atoms with Crippen molar-refractivity contribution in [1.29, 1.82) is 0 Å². The Kier molecular flexibility index (Phi) is 4.73. The Balaban J connectivity index is 1.93. The average molecular weight is 264 g/mol. The van der Waals surface area contributed by atoms with E-state index in [1.807, 2.05) is 6.08 Å². The summed E-state index contributed by atoms with van der Waals surface area (Å²) in [5, 5.41) is 0. The van der Waals surface area contributed by atoms with Gasteiger partial charge < -0.3 is 0 Å². The van der Waals surface area contributed by atoms with Gasteiger partial charge in [-0.05, 0) is 49.1 Å². The molecule has 0 aliphatic heterocycles. The monoisotopic (exact) mass is 264 g/mol. The van der Waals surface area contributed by atoms with Crippen LogP contribution < -0.4 is 0 Å². The predicted octanol–water partition coefficient (Wildman–Crippen LogP) is 5.20. The molecule has 0 atom stereocenters. The predicted molar refractivity (Wildman–Crippen MR) is 75.1 cm³/mol. The van der Waals surface area contributed by atoms with Crippen molar-refractivity contribution < 1.29 is 8.78 Å². The van der Waals surface area contributed by atoms with Crippen LogP contribution in [0.1, 0.15) is 43.7 Å². The van der Waals surface area contributed by atoms with Gasteiger partial charge in [-0.3, -0.25) is 0 Å². The summed E-state index contributed by atoms with van der Waals surface area (Å²) in [6.07, 6.45) is 9.67. The second-order valence-corrected chi connectivity index (χ2v) is 5.82. The molecule has 1 aromatic carbocycles. The van der Waals surface area contributed by atoms with E-state index in [2.05, 4.69) is 13.0 Å². The van der Waals surface area contributed by atoms with Crippen molar-refractivity contribution in [3.05, 3.63) is 47.0 Å². The third-order valence-corrected chi connectivity index (χ3v) is 4.16.